The standard InChI is InChI=1S/C21H35N3O4/c1-5-28-19-15-17(8-9-18(19)25-3)7-6-12-23-20(22-2)24-16-21(26-4)10-13-27-14-11-21/h8-9,15H,5-7,10-14,16H2,1-4H3,(H2,22,23,24). The Bertz CT molecular complexity index is 616. The van der Waals surface area contributed by atoms with Crippen molar-refractivity contribution in [2.24, 2.45) is 4.99 Å². The van der Waals surface area contributed by atoms with Crippen LogP contribution in [-0.2, 0) is 15.9 Å². The number of methoxy groups -OCH3 is 2. The molecule has 1 aliphatic heterocycles. The number of nitrogens with one attached hydrogen (secondary N) is 2. The highest BCUT2D eigenvalue weighted by molar-refractivity contribution is 5.79. The second-order valence-electron chi connectivity index (χ2n) is 6.87. The molecule has 1 fully saturated rings. The highest BCUT2D eigenvalue weighted by Crippen LogP contribution is 2.28. The molecule has 1 heterocycles. The van der Waals surface area contributed by atoms with E-state index in [4.69, 9.17) is 18.9 Å². The van der Waals surface area contributed by atoms with Crippen LogP contribution in [0, 0.1) is 0 Å². The summed E-state index contributed by atoms with van der Waals surface area (Å²) in [6.45, 7) is 5.64. The molecule has 1 aliphatic rings. The van der Waals surface area contributed by atoms with E-state index in [1.165, 1.54) is 5.56 Å². The average molecular weight is 394 g/mol. The van der Waals surface area contributed by atoms with Crippen LogP contribution in [0.1, 0.15) is 31.7 Å². The summed E-state index contributed by atoms with van der Waals surface area (Å²) >= 11 is 0. The van der Waals surface area contributed by atoms with Gasteiger partial charge in [-0.05, 0) is 37.5 Å². The van der Waals surface area contributed by atoms with E-state index in [-0.39, 0.29) is 5.60 Å². The van der Waals surface area contributed by atoms with E-state index in [2.05, 4.69) is 27.8 Å². The van der Waals surface area contributed by atoms with Crippen molar-refractivity contribution in [1.82, 2.24) is 10.6 Å². The maximum atomic E-state index is 5.76. The third-order valence-electron chi connectivity index (χ3n) is 5.10. The van der Waals surface area contributed by atoms with Crippen LogP contribution in [0.25, 0.3) is 0 Å². The molecule has 0 radical (unpaired) electrons. The lowest BCUT2D eigenvalue weighted by Crippen LogP contribution is -2.50. The molecule has 0 unspecified atom stereocenters. The molecule has 0 saturated carbocycles. The van der Waals surface area contributed by atoms with Gasteiger partial charge in [0.2, 0.25) is 0 Å². The molecule has 28 heavy (non-hydrogen) atoms. The quantitative estimate of drug-likeness (QED) is 0.361. The van der Waals surface area contributed by atoms with Crippen molar-refractivity contribution in [2.45, 2.75) is 38.2 Å². The Morgan fingerprint density at radius 1 is 1.18 bits per heavy atom. The second kappa shape index (κ2) is 11.8. The Kier molecular flexibility index (Phi) is 9.37. The minimum atomic E-state index is -0.172. The Morgan fingerprint density at radius 2 is 1.96 bits per heavy atom. The van der Waals surface area contributed by atoms with Gasteiger partial charge in [0, 0.05) is 53.3 Å². The highest BCUT2D eigenvalue weighted by Gasteiger charge is 2.32. The summed E-state index contributed by atoms with van der Waals surface area (Å²) in [5.41, 5.74) is 1.06. The monoisotopic (exact) mass is 393 g/mol. The number of hydrogen-bond donors (Lipinski definition) is 2. The number of nitrogens with zero attached hydrogens (tertiary/aromatic N) is 1. The number of rotatable bonds is 10. The van der Waals surface area contributed by atoms with Crippen molar-refractivity contribution >= 4 is 5.96 Å². The third-order valence-corrected chi connectivity index (χ3v) is 5.10. The van der Waals surface area contributed by atoms with Gasteiger partial charge >= 0.3 is 0 Å². The van der Waals surface area contributed by atoms with Crippen molar-refractivity contribution in [3.05, 3.63) is 23.8 Å². The van der Waals surface area contributed by atoms with E-state index in [9.17, 15) is 0 Å². The summed E-state index contributed by atoms with van der Waals surface area (Å²) in [6, 6.07) is 6.11. The largest absolute Gasteiger partial charge is 0.493 e. The van der Waals surface area contributed by atoms with Gasteiger partial charge in [0.25, 0.3) is 0 Å². The van der Waals surface area contributed by atoms with E-state index in [0.29, 0.717) is 6.61 Å². The van der Waals surface area contributed by atoms with E-state index < -0.39 is 0 Å². The van der Waals surface area contributed by atoms with Crippen LogP contribution in [0.5, 0.6) is 11.5 Å². The smallest absolute Gasteiger partial charge is 0.191 e. The molecular weight excluding hydrogens is 358 g/mol. The topological polar surface area (TPSA) is 73.3 Å². The number of ether oxygens (including phenoxy) is 4. The average Bonchev–Trinajstić information content (AvgIpc) is 2.74. The van der Waals surface area contributed by atoms with E-state index in [1.807, 2.05) is 13.0 Å². The zero-order valence-corrected chi connectivity index (χ0v) is 17.7. The van der Waals surface area contributed by atoms with Gasteiger partial charge in [-0.1, -0.05) is 6.07 Å². The number of benzene rings is 1. The summed E-state index contributed by atoms with van der Waals surface area (Å²) in [6.07, 6.45) is 3.73. The predicted molar refractivity (Wildman–Crippen MR) is 112 cm³/mol. The first-order valence-electron chi connectivity index (χ1n) is 10.0. The predicted octanol–water partition coefficient (Wildman–Crippen LogP) is 2.39. The normalized spacial score (nSPS) is 16.5. The van der Waals surface area contributed by atoms with Gasteiger partial charge in [0.1, 0.15) is 0 Å². The second-order valence-corrected chi connectivity index (χ2v) is 6.87. The number of aliphatic imine (C=N–C) groups is 1. The molecule has 7 nitrogen and oxygen atoms in total. The Hall–Kier alpha value is -1.99. The molecule has 2 N–H and O–H groups in total. The Labute approximate surface area is 168 Å². The fraction of sp³-hybridized carbons (Fsp3) is 0.667. The molecule has 0 spiro atoms. The fourth-order valence-electron chi connectivity index (χ4n) is 3.31. The van der Waals surface area contributed by atoms with Crippen LogP contribution in [-0.4, -0.2) is 65.7 Å². The summed E-state index contributed by atoms with van der Waals surface area (Å²) in [7, 11) is 5.22. The maximum Gasteiger partial charge on any atom is 0.191 e. The molecule has 1 aromatic carbocycles. The molecule has 0 aliphatic carbocycles. The number of guanidine groups is 1. The van der Waals surface area contributed by atoms with Crippen LogP contribution in [0.3, 0.4) is 0 Å². The maximum absolute atomic E-state index is 5.76. The van der Waals surface area contributed by atoms with Crippen LogP contribution in [0.4, 0.5) is 0 Å². The molecule has 1 aromatic rings. The van der Waals surface area contributed by atoms with Gasteiger partial charge < -0.3 is 29.6 Å². The van der Waals surface area contributed by atoms with Crippen molar-refractivity contribution < 1.29 is 18.9 Å². The van der Waals surface area contributed by atoms with E-state index in [1.54, 1.807) is 21.3 Å². The van der Waals surface area contributed by atoms with Gasteiger partial charge in [-0.2, -0.15) is 0 Å². The van der Waals surface area contributed by atoms with Crippen LogP contribution in [0.2, 0.25) is 0 Å². The van der Waals surface area contributed by atoms with Gasteiger partial charge in [0.05, 0.1) is 19.3 Å². The first kappa shape index (κ1) is 22.3. The molecule has 7 heteroatoms. The molecule has 1 saturated heterocycles. The van der Waals surface area contributed by atoms with E-state index in [0.717, 1.165) is 69.4 Å². The van der Waals surface area contributed by atoms with Gasteiger partial charge in [0.15, 0.2) is 17.5 Å². The lowest BCUT2D eigenvalue weighted by Gasteiger charge is -2.36. The summed E-state index contributed by atoms with van der Waals surface area (Å²) < 4.78 is 22.2. The Morgan fingerprint density at radius 3 is 2.61 bits per heavy atom. The molecule has 0 bridgehead atoms. The van der Waals surface area contributed by atoms with Crippen LogP contribution >= 0.6 is 0 Å². The van der Waals surface area contributed by atoms with E-state index >= 15 is 0 Å². The zero-order valence-electron chi connectivity index (χ0n) is 17.7. The Balaban J connectivity index is 1.76. The minimum Gasteiger partial charge on any atom is -0.493 e. The van der Waals surface area contributed by atoms with Gasteiger partial charge in [-0.15, -0.1) is 0 Å². The summed E-state index contributed by atoms with van der Waals surface area (Å²) in [4.78, 5) is 4.31. The zero-order chi connectivity index (χ0) is 20.2. The van der Waals surface area contributed by atoms with Crippen molar-refractivity contribution in [3.8, 4) is 11.5 Å². The van der Waals surface area contributed by atoms with Crippen LogP contribution in [0.15, 0.2) is 23.2 Å². The molecule has 2 rings (SSSR count). The first-order chi connectivity index (χ1) is 13.7. The minimum absolute atomic E-state index is 0.172. The summed E-state index contributed by atoms with van der Waals surface area (Å²) in [5, 5.41) is 6.77. The highest BCUT2D eigenvalue weighted by atomic mass is 16.5. The first-order valence-corrected chi connectivity index (χ1v) is 10.0. The molecule has 158 valence electrons. The lowest BCUT2D eigenvalue weighted by molar-refractivity contribution is -0.0855. The number of hydrogen-bond acceptors (Lipinski definition) is 5. The van der Waals surface area contributed by atoms with Gasteiger partial charge in [-0.3, -0.25) is 4.99 Å². The van der Waals surface area contributed by atoms with Crippen molar-refractivity contribution in [1.29, 1.82) is 0 Å². The third kappa shape index (κ3) is 6.56. The summed E-state index contributed by atoms with van der Waals surface area (Å²) in [5.74, 6) is 2.37. The molecular formula is C21H35N3O4. The SMILES string of the molecule is CCOc1cc(CCCNC(=NC)NCC2(OC)CCOCC2)ccc1OC. The number of aryl methyl sites for hydroxylation is 1. The van der Waals surface area contributed by atoms with Gasteiger partial charge in [-0.25, -0.2) is 0 Å². The van der Waals surface area contributed by atoms with Crippen molar-refractivity contribution in [2.75, 3.05) is 54.2 Å². The lowest BCUT2D eigenvalue weighted by atomic mass is 9.94. The van der Waals surface area contributed by atoms with Crippen molar-refractivity contribution in [3.63, 3.8) is 0 Å². The molecule has 0 atom stereocenters. The fourth-order valence-corrected chi connectivity index (χ4v) is 3.31. The molecule has 0 aromatic heterocycles. The molecule has 0 amide bonds. The van der Waals surface area contributed by atoms with Crippen LogP contribution < -0.4 is 20.1 Å².